The molecule has 0 aliphatic carbocycles. The number of carbonyl (C=O) groups is 2. The van der Waals surface area contributed by atoms with Crippen molar-refractivity contribution in [1.82, 2.24) is 0 Å². The van der Waals surface area contributed by atoms with E-state index in [1.807, 2.05) is 20.8 Å². The van der Waals surface area contributed by atoms with Gasteiger partial charge in [0.25, 0.3) is 0 Å². The van der Waals surface area contributed by atoms with Crippen molar-refractivity contribution in [3.8, 4) is 0 Å². The highest BCUT2D eigenvalue weighted by atomic mass is 16.5. The molecule has 0 atom stereocenters. The van der Waals surface area contributed by atoms with E-state index in [2.05, 4.69) is 0 Å². The first-order valence-electron chi connectivity index (χ1n) is 5.78. The van der Waals surface area contributed by atoms with Gasteiger partial charge < -0.3 is 4.74 Å². The Morgan fingerprint density at radius 2 is 1.76 bits per heavy atom. The first-order valence-corrected chi connectivity index (χ1v) is 5.78. The lowest BCUT2D eigenvalue weighted by Crippen LogP contribution is -2.11. The molecule has 1 aromatic rings. The summed E-state index contributed by atoms with van der Waals surface area (Å²) in [5.41, 5.74) is 1.90. The zero-order valence-corrected chi connectivity index (χ0v) is 10.7. The van der Waals surface area contributed by atoms with Crippen molar-refractivity contribution in [3.63, 3.8) is 0 Å². The van der Waals surface area contributed by atoms with Crippen LogP contribution >= 0.6 is 0 Å². The van der Waals surface area contributed by atoms with Crippen LogP contribution in [0.25, 0.3) is 0 Å². The van der Waals surface area contributed by atoms with E-state index in [4.69, 9.17) is 4.74 Å². The first-order chi connectivity index (χ1) is 7.95. The Kier molecular flexibility index (Phi) is 4.44. The van der Waals surface area contributed by atoms with E-state index in [0.717, 1.165) is 5.56 Å². The molecule has 0 aliphatic rings. The second-order valence-corrected chi connectivity index (χ2v) is 4.33. The van der Waals surface area contributed by atoms with Crippen molar-refractivity contribution < 1.29 is 14.3 Å². The molecule has 92 valence electrons. The second kappa shape index (κ2) is 5.62. The molecule has 0 fully saturated rings. The summed E-state index contributed by atoms with van der Waals surface area (Å²) in [6.07, 6.45) is 0. The van der Waals surface area contributed by atoms with Crippen molar-refractivity contribution in [3.05, 3.63) is 34.9 Å². The van der Waals surface area contributed by atoms with Crippen LogP contribution in [0.4, 0.5) is 0 Å². The van der Waals surface area contributed by atoms with Crippen LogP contribution in [-0.2, 0) is 4.74 Å². The van der Waals surface area contributed by atoms with Gasteiger partial charge in [-0.15, -0.1) is 0 Å². The number of rotatable bonds is 4. The number of ether oxygens (including phenoxy) is 1. The predicted octanol–water partition coefficient (Wildman–Crippen LogP) is 3.01. The molecular weight excluding hydrogens is 216 g/mol. The lowest BCUT2D eigenvalue weighted by molar-refractivity contribution is 0.0526. The van der Waals surface area contributed by atoms with E-state index >= 15 is 0 Å². The van der Waals surface area contributed by atoms with Gasteiger partial charge in [0.1, 0.15) is 0 Å². The fourth-order valence-electron chi connectivity index (χ4n) is 1.59. The van der Waals surface area contributed by atoms with E-state index in [1.54, 1.807) is 25.1 Å². The van der Waals surface area contributed by atoms with Gasteiger partial charge in [-0.1, -0.05) is 13.8 Å². The lowest BCUT2D eigenvalue weighted by atomic mass is 9.97. The van der Waals surface area contributed by atoms with Gasteiger partial charge in [-0.3, -0.25) is 4.79 Å². The number of aryl methyl sites for hydroxylation is 1. The average Bonchev–Trinajstić information content (AvgIpc) is 2.27. The molecule has 0 spiro atoms. The Bertz CT molecular complexity index is 433. The number of esters is 1. The number of Topliss-reactive ketones (excluding diaryl/α,β-unsaturated/α-hetero) is 1. The van der Waals surface area contributed by atoms with Crippen LogP contribution in [0.1, 0.15) is 47.1 Å². The molecule has 0 saturated heterocycles. The highest BCUT2D eigenvalue weighted by Crippen LogP contribution is 2.15. The summed E-state index contributed by atoms with van der Waals surface area (Å²) >= 11 is 0. The lowest BCUT2D eigenvalue weighted by Gasteiger charge is -2.08. The summed E-state index contributed by atoms with van der Waals surface area (Å²) in [7, 11) is 0. The largest absolute Gasteiger partial charge is 0.462 e. The second-order valence-electron chi connectivity index (χ2n) is 4.33. The Hall–Kier alpha value is -1.64. The SMILES string of the molecule is CCOC(=O)c1cc(C)cc(C(=O)C(C)C)c1. The molecule has 17 heavy (non-hydrogen) atoms. The number of hydrogen-bond donors (Lipinski definition) is 0. The molecular formula is C14H18O3. The van der Waals surface area contributed by atoms with Gasteiger partial charge in [0.05, 0.1) is 12.2 Å². The van der Waals surface area contributed by atoms with Crippen molar-refractivity contribution in [2.45, 2.75) is 27.7 Å². The summed E-state index contributed by atoms with van der Waals surface area (Å²) in [6, 6.07) is 5.13. The Labute approximate surface area is 102 Å². The van der Waals surface area contributed by atoms with Crippen LogP contribution in [0.2, 0.25) is 0 Å². The van der Waals surface area contributed by atoms with Crippen molar-refractivity contribution in [1.29, 1.82) is 0 Å². The summed E-state index contributed by atoms with van der Waals surface area (Å²) < 4.78 is 4.93. The molecule has 0 aromatic heterocycles. The van der Waals surface area contributed by atoms with Gasteiger partial charge in [-0.25, -0.2) is 4.79 Å². The number of hydrogen-bond acceptors (Lipinski definition) is 3. The van der Waals surface area contributed by atoms with Gasteiger partial charge in [0, 0.05) is 11.5 Å². The van der Waals surface area contributed by atoms with Crippen molar-refractivity contribution in [2.24, 2.45) is 5.92 Å². The molecule has 0 unspecified atom stereocenters. The van der Waals surface area contributed by atoms with Crippen LogP contribution in [-0.4, -0.2) is 18.4 Å². The minimum Gasteiger partial charge on any atom is -0.462 e. The van der Waals surface area contributed by atoms with E-state index in [9.17, 15) is 9.59 Å². The molecule has 0 heterocycles. The zero-order chi connectivity index (χ0) is 13.0. The van der Waals surface area contributed by atoms with Gasteiger partial charge in [-0.05, 0) is 37.6 Å². The normalized spacial score (nSPS) is 10.4. The summed E-state index contributed by atoms with van der Waals surface area (Å²) in [6.45, 7) is 7.64. The highest BCUT2D eigenvalue weighted by Gasteiger charge is 2.14. The molecule has 3 heteroatoms. The van der Waals surface area contributed by atoms with Gasteiger partial charge in [0.15, 0.2) is 5.78 Å². The average molecular weight is 234 g/mol. The van der Waals surface area contributed by atoms with E-state index in [-0.39, 0.29) is 17.7 Å². The van der Waals surface area contributed by atoms with E-state index < -0.39 is 0 Å². The minimum absolute atomic E-state index is 0.0410. The molecule has 0 bridgehead atoms. The molecule has 0 saturated carbocycles. The first kappa shape index (κ1) is 13.4. The van der Waals surface area contributed by atoms with Crippen LogP contribution in [0.5, 0.6) is 0 Å². The third-order valence-electron chi connectivity index (χ3n) is 2.40. The van der Waals surface area contributed by atoms with Gasteiger partial charge >= 0.3 is 5.97 Å². The minimum atomic E-state index is -0.381. The van der Waals surface area contributed by atoms with Gasteiger partial charge in [-0.2, -0.15) is 0 Å². The maximum Gasteiger partial charge on any atom is 0.338 e. The monoisotopic (exact) mass is 234 g/mol. The van der Waals surface area contributed by atoms with Crippen LogP contribution in [0.3, 0.4) is 0 Å². The number of ketones is 1. The predicted molar refractivity (Wildman–Crippen MR) is 66.3 cm³/mol. The third-order valence-corrected chi connectivity index (χ3v) is 2.40. The summed E-state index contributed by atoms with van der Waals surface area (Å²) in [5.74, 6) is -0.417. The number of benzene rings is 1. The zero-order valence-electron chi connectivity index (χ0n) is 10.7. The molecule has 0 radical (unpaired) electrons. The molecule has 3 nitrogen and oxygen atoms in total. The van der Waals surface area contributed by atoms with E-state index in [0.29, 0.717) is 17.7 Å². The summed E-state index contributed by atoms with van der Waals surface area (Å²) in [4.78, 5) is 23.5. The maximum absolute atomic E-state index is 11.9. The standard InChI is InChI=1S/C14H18O3/c1-5-17-14(16)12-7-10(4)6-11(8-12)13(15)9(2)3/h6-9H,5H2,1-4H3. The quantitative estimate of drug-likeness (QED) is 0.594. The number of carbonyl (C=O) groups excluding carboxylic acids is 2. The molecule has 1 aromatic carbocycles. The molecule has 0 N–H and O–H groups in total. The Morgan fingerprint density at radius 1 is 1.18 bits per heavy atom. The Morgan fingerprint density at radius 3 is 2.29 bits per heavy atom. The Balaban J connectivity index is 3.10. The van der Waals surface area contributed by atoms with Gasteiger partial charge in [0.2, 0.25) is 0 Å². The van der Waals surface area contributed by atoms with Crippen LogP contribution in [0.15, 0.2) is 18.2 Å². The van der Waals surface area contributed by atoms with Crippen molar-refractivity contribution >= 4 is 11.8 Å². The van der Waals surface area contributed by atoms with Crippen LogP contribution < -0.4 is 0 Å². The fraction of sp³-hybridized carbons (Fsp3) is 0.429. The third kappa shape index (κ3) is 3.41. The highest BCUT2D eigenvalue weighted by molar-refractivity contribution is 6.00. The fourth-order valence-corrected chi connectivity index (χ4v) is 1.59. The molecule has 1 rings (SSSR count). The van der Waals surface area contributed by atoms with Crippen LogP contribution in [0, 0.1) is 12.8 Å². The topological polar surface area (TPSA) is 43.4 Å². The van der Waals surface area contributed by atoms with Crippen molar-refractivity contribution in [2.75, 3.05) is 6.61 Å². The smallest absolute Gasteiger partial charge is 0.338 e. The molecule has 0 amide bonds. The maximum atomic E-state index is 11.9. The van der Waals surface area contributed by atoms with E-state index in [1.165, 1.54) is 0 Å². The molecule has 0 aliphatic heterocycles. The summed E-state index contributed by atoms with van der Waals surface area (Å²) in [5, 5.41) is 0.